The van der Waals surface area contributed by atoms with Crippen LogP contribution >= 0.6 is 0 Å². The number of amides is 1. The number of carbonyl (C=O) groups is 2. The number of esters is 1. The lowest BCUT2D eigenvalue weighted by atomic mass is 10.2. The van der Waals surface area contributed by atoms with Crippen LogP contribution in [0.1, 0.15) is 5.56 Å². The highest BCUT2D eigenvalue weighted by Crippen LogP contribution is 2.12. The van der Waals surface area contributed by atoms with Gasteiger partial charge in [0.1, 0.15) is 0 Å². The summed E-state index contributed by atoms with van der Waals surface area (Å²) in [6.07, 6.45) is 2.58. The van der Waals surface area contributed by atoms with Gasteiger partial charge in [0.25, 0.3) is 11.6 Å². The van der Waals surface area contributed by atoms with Crippen LogP contribution < -0.4 is 5.32 Å². The van der Waals surface area contributed by atoms with E-state index in [-0.39, 0.29) is 12.3 Å². The summed E-state index contributed by atoms with van der Waals surface area (Å²) >= 11 is 0. The van der Waals surface area contributed by atoms with Crippen LogP contribution in [0.3, 0.4) is 0 Å². The highest BCUT2D eigenvalue weighted by atomic mass is 16.6. The summed E-state index contributed by atoms with van der Waals surface area (Å²) in [7, 11) is 1.51. The van der Waals surface area contributed by atoms with Gasteiger partial charge in [-0.15, -0.1) is 0 Å². The number of nitro benzene ring substituents is 1. The first kappa shape index (κ1) is 17.3. The molecule has 0 fully saturated rings. The second kappa shape index (κ2) is 9.24. The van der Waals surface area contributed by atoms with Crippen molar-refractivity contribution in [3.63, 3.8) is 0 Å². The van der Waals surface area contributed by atoms with Crippen molar-refractivity contribution in [2.75, 3.05) is 26.9 Å². The van der Waals surface area contributed by atoms with Crippen molar-refractivity contribution in [1.82, 2.24) is 5.32 Å². The van der Waals surface area contributed by atoms with Gasteiger partial charge >= 0.3 is 5.97 Å². The molecule has 1 aromatic carbocycles. The summed E-state index contributed by atoms with van der Waals surface area (Å²) in [5.41, 5.74) is 0.569. The molecule has 0 aliphatic carbocycles. The maximum atomic E-state index is 11.4. The number of non-ortho nitro benzene ring substituents is 1. The van der Waals surface area contributed by atoms with Crippen LogP contribution in [0.2, 0.25) is 0 Å². The molecule has 0 aliphatic rings. The quantitative estimate of drug-likeness (QED) is 0.251. The van der Waals surface area contributed by atoms with E-state index in [1.807, 2.05) is 0 Å². The van der Waals surface area contributed by atoms with Gasteiger partial charge in [-0.25, -0.2) is 4.79 Å². The number of methoxy groups -OCH3 is 1. The monoisotopic (exact) mass is 308 g/mol. The first-order valence-corrected chi connectivity index (χ1v) is 6.38. The molecular formula is C14H16N2O6. The Morgan fingerprint density at radius 3 is 2.59 bits per heavy atom. The third-order valence-corrected chi connectivity index (χ3v) is 2.49. The molecule has 1 amide bonds. The Kier molecular flexibility index (Phi) is 7.27. The summed E-state index contributed by atoms with van der Waals surface area (Å²) < 4.78 is 9.48. The van der Waals surface area contributed by atoms with Gasteiger partial charge in [-0.1, -0.05) is 0 Å². The second-order valence-electron chi connectivity index (χ2n) is 4.13. The number of rotatable bonds is 8. The van der Waals surface area contributed by atoms with Gasteiger partial charge in [0, 0.05) is 31.9 Å². The number of nitro groups is 1. The lowest BCUT2D eigenvalue weighted by molar-refractivity contribution is -0.384. The van der Waals surface area contributed by atoms with Crippen molar-refractivity contribution in [3.8, 4) is 0 Å². The van der Waals surface area contributed by atoms with E-state index in [0.717, 1.165) is 6.08 Å². The fraction of sp³-hybridized carbons (Fsp3) is 0.286. The lowest BCUT2D eigenvalue weighted by Gasteiger charge is -2.04. The molecule has 1 rings (SSSR count). The zero-order valence-corrected chi connectivity index (χ0v) is 12.0. The maximum absolute atomic E-state index is 11.4. The molecule has 1 aromatic rings. The van der Waals surface area contributed by atoms with Crippen LogP contribution in [0.4, 0.5) is 5.69 Å². The smallest absolute Gasteiger partial charge is 0.331 e. The van der Waals surface area contributed by atoms with Crippen LogP contribution in [-0.2, 0) is 19.1 Å². The minimum atomic E-state index is -0.680. The number of nitrogens with zero attached hydrogens (tertiary/aromatic N) is 1. The van der Waals surface area contributed by atoms with Crippen molar-refractivity contribution >= 4 is 23.6 Å². The van der Waals surface area contributed by atoms with E-state index in [1.165, 1.54) is 37.5 Å². The number of hydrogen-bond donors (Lipinski definition) is 1. The molecule has 0 spiro atoms. The molecule has 0 aromatic heterocycles. The Bertz CT molecular complexity index is 553. The van der Waals surface area contributed by atoms with E-state index in [1.54, 1.807) is 0 Å². The molecule has 22 heavy (non-hydrogen) atoms. The number of ether oxygens (including phenoxy) is 2. The molecule has 0 atom stereocenters. The lowest BCUT2D eigenvalue weighted by Crippen LogP contribution is -2.31. The molecule has 0 heterocycles. The predicted molar refractivity (Wildman–Crippen MR) is 78.0 cm³/mol. The van der Waals surface area contributed by atoms with Crippen molar-refractivity contribution in [2.45, 2.75) is 0 Å². The zero-order valence-electron chi connectivity index (χ0n) is 12.0. The number of hydrogen-bond acceptors (Lipinski definition) is 6. The van der Waals surface area contributed by atoms with Crippen molar-refractivity contribution in [2.24, 2.45) is 0 Å². The number of carbonyl (C=O) groups excluding carboxylic acids is 2. The molecule has 118 valence electrons. The van der Waals surface area contributed by atoms with Gasteiger partial charge in [0.05, 0.1) is 11.5 Å². The molecule has 1 N–H and O–H groups in total. The third kappa shape index (κ3) is 6.62. The molecule has 0 saturated carbocycles. The number of nitrogens with one attached hydrogen (secondary N) is 1. The first-order chi connectivity index (χ1) is 10.5. The number of benzene rings is 1. The van der Waals surface area contributed by atoms with Crippen LogP contribution in [0.25, 0.3) is 6.08 Å². The Labute approximate surface area is 126 Å². The highest BCUT2D eigenvalue weighted by molar-refractivity contribution is 5.89. The van der Waals surface area contributed by atoms with Crippen LogP contribution in [0.5, 0.6) is 0 Å². The van der Waals surface area contributed by atoms with E-state index in [4.69, 9.17) is 9.47 Å². The standard InChI is InChI=1S/C14H16N2O6/c1-21-9-8-15-13(17)10-22-14(18)7-4-11-2-5-12(6-3-11)16(19)20/h2-7H,8-10H2,1H3,(H,15,17)/b7-4+. The van der Waals surface area contributed by atoms with E-state index < -0.39 is 16.8 Å². The second-order valence-corrected chi connectivity index (χ2v) is 4.13. The van der Waals surface area contributed by atoms with Crippen LogP contribution in [-0.4, -0.2) is 43.7 Å². The molecule has 0 aliphatic heterocycles. The zero-order chi connectivity index (χ0) is 16.4. The van der Waals surface area contributed by atoms with Crippen molar-refractivity contribution in [1.29, 1.82) is 0 Å². The Hall–Kier alpha value is -2.74. The topological polar surface area (TPSA) is 108 Å². The molecule has 0 unspecified atom stereocenters. The Balaban J connectivity index is 2.37. The average molecular weight is 308 g/mol. The summed E-state index contributed by atoms with van der Waals surface area (Å²) in [5.74, 6) is -1.10. The van der Waals surface area contributed by atoms with Crippen molar-refractivity contribution in [3.05, 3.63) is 46.0 Å². The Morgan fingerprint density at radius 2 is 2.00 bits per heavy atom. The molecule has 0 radical (unpaired) electrons. The fourth-order valence-electron chi connectivity index (χ4n) is 1.40. The van der Waals surface area contributed by atoms with Gasteiger partial charge in [-0.2, -0.15) is 0 Å². The fourth-order valence-corrected chi connectivity index (χ4v) is 1.40. The van der Waals surface area contributed by atoms with Gasteiger partial charge in [-0.3, -0.25) is 14.9 Å². The Morgan fingerprint density at radius 1 is 1.32 bits per heavy atom. The molecule has 0 bridgehead atoms. The normalized spacial score (nSPS) is 10.4. The maximum Gasteiger partial charge on any atom is 0.331 e. The van der Waals surface area contributed by atoms with Crippen LogP contribution in [0.15, 0.2) is 30.3 Å². The molecular weight excluding hydrogens is 292 g/mol. The van der Waals surface area contributed by atoms with Crippen LogP contribution in [0, 0.1) is 10.1 Å². The SMILES string of the molecule is COCCNC(=O)COC(=O)/C=C/c1ccc([N+](=O)[O-])cc1. The molecule has 8 heteroatoms. The predicted octanol–water partition coefficient (Wildman–Crippen LogP) is 0.914. The van der Waals surface area contributed by atoms with Gasteiger partial charge in [0.15, 0.2) is 6.61 Å². The van der Waals surface area contributed by atoms with E-state index in [9.17, 15) is 19.7 Å². The minimum Gasteiger partial charge on any atom is -0.452 e. The van der Waals surface area contributed by atoms with Gasteiger partial charge in [0.2, 0.25) is 0 Å². The van der Waals surface area contributed by atoms with E-state index >= 15 is 0 Å². The summed E-state index contributed by atoms with van der Waals surface area (Å²) in [6, 6.07) is 5.65. The average Bonchev–Trinajstić information content (AvgIpc) is 2.51. The van der Waals surface area contributed by atoms with Crippen molar-refractivity contribution < 1.29 is 24.0 Å². The molecule has 0 saturated heterocycles. The third-order valence-electron chi connectivity index (χ3n) is 2.49. The first-order valence-electron chi connectivity index (χ1n) is 6.38. The summed E-state index contributed by atoms with van der Waals surface area (Å²) in [6.45, 7) is 0.332. The minimum absolute atomic E-state index is 0.0348. The van der Waals surface area contributed by atoms with E-state index in [0.29, 0.717) is 18.7 Å². The van der Waals surface area contributed by atoms with Gasteiger partial charge < -0.3 is 14.8 Å². The van der Waals surface area contributed by atoms with E-state index in [2.05, 4.69) is 5.32 Å². The largest absolute Gasteiger partial charge is 0.452 e. The highest BCUT2D eigenvalue weighted by Gasteiger charge is 2.05. The van der Waals surface area contributed by atoms with Gasteiger partial charge in [-0.05, 0) is 23.8 Å². The molecule has 8 nitrogen and oxygen atoms in total. The summed E-state index contributed by atoms with van der Waals surface area (Å²) in [5, 5.41) is 13.0. The summed E-state index contributed by atoms with van der Waals surface area (Å²) in [4.78, 5) is 32.6.